The van der Waals surface area contributed by atoms with Gasteiger partial charge in [-0.25, -0.2) is 4.99 Å². The maximum Gasteiger partial charge on any atom is 0.191 e. The summed E-state index contributed by atoms with van der Waals surface area (Å²) in [6, 6.07) is 5.61. The number of hydrogen-bond acceptors (Lipinski definition) is 3. The van der Waals surface area contributed by atoms with Gasteiger partial charge in [0.25, 0.3) is 0 Å². The predicted molar refractivity (Wildman–Crippen MR) is 99.0 cm³/mol. The molecule has 1 aliphatic carbocycles. The van der Waals surface area contributed by atoms with E-state index in [9.17, 15) is 0 Å². The number of rotatable bonds is 10. The van der Waals surface area contributed by atoms with E-state index in [4.69, 9.17) is 21.1 Å². The SMILES string of the molecule is CCNC(=NCc1ccc(Cl)cc1OC)NCCCOCC1CC1. The molecule has 0 atom stereocenters. The standard InChI is InChI=1S/C18H28ClN3O2/c1-3-20-18(21-9-4-10-24-13-14-5-6-14)22-12-15-7-8-16(19)11-17(15)23-2/h7-8,11,14H,3-6,9-10,12-13H2,1-2H3,(H2,20,21,22). The molecule has 1 aliphatic rings. The second-order valence-corrected chi connectivity index (χ2v) is 6.39. The van der Waals surface area contributed by atoms with Gasteiger partial charge in [-0.1, -0.05) is 17.7 Å². The summed E-state index contributed by atoms with van der Waals surface area (Å²) in [6.45, 7) is 5.97. The van der Waals surface area contributed by atoms with Gasteiger partial charge in [-0.05, 0) is 44.2 Å². The molecule has 0 unspecified atom stereocenters. The van der Waals surface area contributed by atoms with Gasteiger partial charge >= 0.3 is 0 Å². The molecule has 6 heteroatoms. The number of ether oxygens (including phenoxy) is 2. The van der Waals surface area contributed by atoms with E-state index in [1.165, 1.54) is 12.8 Å². The Hall–Kier alpha value is -1.46. The van der Waals surface area contributed by atoms with Crippen LogP contribution >= 0.6 is 11.6 Å². The lowest BCUT2D eigenvalue weighted by Gasteiger charge is -2.12. The minimum atomic E-state index is 0.536. The molecule has 1 saturated carbocycles. The summed E-state index contributed by atoms with van der Waals surface area (Å²) >= 11 is 5.99. The summed E-state index contributed by atoms with van der Waals surface area (Å²) in [5.41, 5.74) is 1.01. The molecule has 24 heavy (non-hydrogen) atoms. The molecule has 0 bridgehead atoms. The fraction of sp³-hybridized carbons (Fsp3) is 0.611. The van der Waals surface area contributed by atoms with Crippen LogP contribution in [0.2, 0.25) is 5.02 Å². The van der Waals surface area contributed by atoms with Gasteiger partial charge in [0.1, 0.15) is 5.75 Å². The Bertz CT molecular complexity index is 533. The number of benzene rings is 1. The van der Waals surface area contributed by atoms with Crippen LogP contribution in [0.3, 0.4) is 0 Å². The summed E-state index contributed by atoms with van der Waals surface area (Å²) in [5, 5.41) is 7.25. The Labute approximate surface area is 149 Å². The van der Waals surface area contributed by atoms with Gasteiger partial charge < -0.3 is 20.1 Å². The van der Waals surface area contributed by atoms with Crippen LogP contribution in [-0.2, 0) is 11.3 Å². The highest BCUT2D eigenvalue weighted by molar-refractivity contribution is 6.30. The van der Waals surface area contributed by atoms with E-state index in [0.29, 0.717) is 11.6 Å². The third-order valence-corrected chi connectivity index (χ3v) is 4.04. The maximum atomic E-state index is 5.99. The third kappa shape index (κ3) is 6.97. The van der Waals surface area contributed by atoms with E-state index in [1.54, 1.807) is 7.11 Å². The van der Waals surface area contributed by atoms with Crippen LogP contribution in [0.25, 0.3) is 0 Å². The number of halogens is 1. The van der Waals surface area contributed by atoms with Crippen molar-refractivity contribution in [3.63, 3.8) is 0 Å². The molecule has 0 aliphatic heterocycles. The van der Waals surface area contributed by atoms with Gasteiger partial charge in [0, 0.05) is 36.9 Å². The van der Waals surface area contributed by atoms with Crippen molar-refractivity contribution in [3.05, 3.63) is 28.8 Å². The Morgan fingerprint density at radius 2 is 2.17 bits per heavy atom. The summed E-state index contributed by atoms with van der Waals surface area (Å²) in [5.74, 6) is 2.39. The number of nitrogens with zero attached hydrogens (tertiary/aromatic N) is 1. The fourth-order valence-corrected chi connectivity index (χ4v) is 2.43. The summed E-state index contributed by atoms with van der Waals surface area (Å²) in [7, 11) is 1.64. The molecule has 0 spiro atoms. The minimum absolute atomic E-state index is 0.536. The number of aliphatic imine (C=N–C) groups is 1. The second-order valence-electron chi connectivity index (χ2n) is 5.95. The Morgan fingerprint density at radius 1 is 1.33 bits per heavy atom. The van der Waals surface area contributed by atoms with E-state index < -0.39 is 0 Å². The molecule has 5 nitrogen and oxygen atoms in total. The van der Waals surface area contributed by atoms with E-state index in [1.807, 2.05) is 18.2 Å². The quantitative estimate of drug-likeness (QED) is 0.385. The van der Waals surface area contributed by atoms with Crippen LogP contribution < -0.4 is 15.4 Å². The lowest BCUT2D eigenvalue weighted by atomic mass is 10.2. The highest BCUT2D eigenvalue weighted by Crippen LogP contribution is 2.28. The molecule has 1 fully saturated rings. The average Bonchev–Trinajstić information content (AvgIpc) is 3.40. The lowest BCUT2D eigenvalue weighted by molar-refractivity contribution is 0.123. The molecular weight excluding hydrogens is 326 g/mol. The molecule has 2 rings (SSSR count). The lowest BCUT2D eigenvalue weighted by Crippen LogP contribution is -2.38. The normalized spacial score (nSPS) is 14.5. The summed E-state index contributed by atoms with van der Waals surface area (Å²) in [4.78, 5) is 4.61. The van der Waals surface area contributed by atoms with Gasteiger partial charge in [-0.15, -0.1) is 0 Å². The van der Waals surface area contributed by atoms with Crippen molar-refractivity contribution in [2.24, 2.45) is 10.9 Å². The predicted octanol–water partition coefficient (Wildman–Crippen LogP) is 3.22. The molecule has 0 saturated heterocycles. The molecular formula is C18H28ClN3O2. The highest BCUT2D eigenvalue weighted by Gasteiger charge is 2.20. The molecule has 0 radical (unpaired) electrons. The van der Waals surface area contributed by atoms with Gasteiger partial charge in [-0.2, -0.15) is 0 Å². The monoisotopic (exact) mass is 353 g/mol. The molecule has 0 amide bonds. The van der Waals surface area contributed by atoms with Crippen LogP contribution in [0.1, 0.15) is 31.7 Å². The van der Waals surface area contributed by atoms with Gasteiger partial charge in [0.05, 0.1) is 13.7 Å². The van der Waals surface area contributed by atoms with Crippen molar-refractivity contribution < 1.29 is 9.47 Å². The zero-order valence-corrected chi connectivity index (χ0v) is 15.4. The summed E-state index contributed by atoms with van der Waals surface area (Å²) in [6.07, 6.45) is 3.65. The first-order valence-corrected chi connectivity index (χ1v) is 9.03. The molecule has 0 aromatic heterocycles. The van der Waals surface area contributed by atoms with Crippen molar-refractivity contribution in [1.29, 1.82) is 0 Å². The maximum absolute atomic E-state index is 5.99. The Kier molecular flexibility index (Phi) is 8.19. The van der Waals surface area contributed by atoms with E-state index in [0.717, 1.165) is 55.9 Å². The van der Waals surface area contributed by atoms with Gasteiger partial charge in [0.2, 0.25) is 0 Å². The van der Waals surface area contributed by atoms with Crippen molar-refractivity contribution in [1.82, 2.24) is 10.6 Å². The molecule has 1 aromatic rings. The first-order chi connectivity index (χ1) is 11.7. The van der Waals surface area contributed by atoms with Crippen molar-refractivity contribution in [2.75, 3.05) is 33.4 Å². The van der Waals surface area contributed by atoms with Crippen molar-refractivity contribution >= 4 is 17.6 Å². The number of methoxy groups -OCH3 is 1. The zero-order chi connectivity index (χ0) is 17.2. The summed E-state index contributed by atoms with van der Waals surface area (Å²) < 4.78 is 11.0. The van der Waals surface area contributed by atoms with E-state index in [-0.39, 0.29) is 0 Å². The Morgan fingerprint density at radius 3 is 2.88 bits per heavy atom. The van der Waals surface area contributed by atoms with Gasteiger partial charge in [0.15, 0.2) is 5.96 Å². The Balaban J connectivity index is 1.76. The van der Waals surface area contributed by atoms with Gasteiger partial charge in [-0.3, -0.25) is 0 Å². The van der Waals surface area contributed by atoms with Crippen LogP contribution in [0.5, 0.6) is 5.75 Å². The first kappa shape index (κ1) is 18.9. The van der Waals surface area contributed by atoms with E-state index in [2.05, 4.69) is 22.5 Å². The van der Waals surface area contributed by atoms with Crippen LogP contribution in [-0.4, -0.2) is 39.4 Å². The fourth-order valence-electron chi connectivity index (χ4n) is 2.27. The molecule has 0 heterocycles. The number of hydrogen-bond donors (Lipinski definition) is 2. The van der Waals surface area contributed by atoms with Crippen LogP contribution in [0.15, 0.2) is 23.2 Å². The third-order valence-electron chi connectivity index (χ3n) is 3.81. The molecule has 2 N–H and O–H groups in total. The largest absolute Gasteiger partial charge is 0.496 e. The van der Waals surface area contributed by atoms with Crippen molar-refractivity contribution in [2.45, 2.75) is 32.7 Å². The van der Waals surface area contributed by atoms with Crippen molar-refractivity contribution in [3.8, 4) is 5.75 Å². The minimum Gasteiger partial charge on any atom is -0.496 e. The smallest absolute Gasteiger partial charge is 0.191 e. The van der Waals surface area contributed by atoms with E-state index >= 15 is 0 Å². The molecule has 1 aromatic carbocycles. The zero-order valence-electron chi connectivity index (χ0n) is 14.6. The number of nitrogens with one attached hydrogen (secondary N) is 2. The topological polar surface area (TPSA) is 54.9 Å². The highest BCUT2D eigenvalue weighted by atomic mass is 35.5. The van der Waals surface area contributed by atoms with Crippen LogP contribution in [0.4, 0.5) is 0 Å². The molecule has 134 valence electrons. The first-order valence-electron chi connectivity index (χ1n) is 8.65. The number of guanidine groups is 1. The van der Waals surface area contributed by atoms with Crippen LogP contribution in [0, 0.1) is 5.92 Å². The second kappa shape index (κ2) is 10.4. The average molecular weight is 354 g/mol.